The number of benzene rings is 1. The molecule has 1 unspecified atom stereocenters. The van der Waals surface area contributed by atoms with Gasteiger partial charge in [0.1, 0.15) is 0 Å². The first kappa shape index (κ1) is 15.6. The van der Waals surface area contributed by atoms with Crippen molar-refractivity contribution in [3.63, 3.8) is 0 Å². The number of alkyl halides is 3. The highest BCUT2D eigenvalue weighted by atomic mass is 19.4. The first-order valence-electron chi connectivity index (χ1n) is 6.60. The Kier molecular flexibility index (Phi) is 3.88. The molecule has 1 aromatic carbocycles. The lowest BCUT2D eigenvalue weighted by Crippen LogP contribution is -2.37. The Balaban J connectivity index is 2.20. The average molecular weight is 301 g/mol. The van der Waals surface area contributed by atoms with E-state index in [0.717, 1.165) is 6.07 Å². The highest BCUT2D eigenvalue weighted by Crippen LogP contribution is 2.36. The van der Waals surface area contributed by atoms with Crippen molar-refractivity contribution in [1.82, 2.24) is 4.90 Å². The van der Waals surface area contributed by atoms with Crippen LogP contribution in [0.15, 0.2) is 18.2 Å². The van der Waals surface area contributed by atoms with Crippen LogP contribution in [0.3, 0.4) is 0 Å². The molecular weight excluding hydrogens is 283 g/mol. The van der Waals surface area contributed by atoms with Crippen molar-refractivity contribution in [2.24, 2.45) is 11.1 Å². The first-order chi connectivity index (χ1) is 9.62. The quantitative estimate of drug-likeness (QED) is 0.839. The third kappa shape index (κ3) is 3.29. The molecule has 4 nitrogen and oxygen atoms in total. The van der Waals surface area contributed by atoms with Gasteiger partial charge in [-0.1, -0.05) is 6.07 Å². The summed E-state index contributed by atoms with van der Waals surface area (Å²) in [4.78, 5) is 13.2. The fraction of sp³-hybridized carbons (Fsp3) is 0.500. The van der Waals surface area contributed by atoms with Gasteiger partial charge in [-0.25, -0.2) is 0 Å². The minimum Gasteiger partial charge on any atom is -0.399 e. The molecule has 116 valence electrons. The summed E-state index contributed by atoms with van der Waals surface area (Å²) in [6.45, 7) is 2.77. The number of carbonyl (C=O) groups excluding carboxylic acids is 1. The van der Waals surface area contributed by atoms with Crippen molar-refractivity contribution < 1.29 is 18.0 Å². The van der Waals surface area contributed by atoms with Crippen LogP contribution in [0.2, 0.25) is 0 Å². The van der Waals surface area contributed by atoms with Gasteiger partial charge >= 0.3 is 6.18 Å². The molecule has 0 bridgehead atoms. The number of rotatable bonds is 3. The number of halogens is 3. The lowest BCUT2D eigenvalue weighted by molar-refractivity contribution is -0.138. The second kappa shape index (κ2) is 5.22. The number of likely N-dealkylation sites (tertiary alicyclic amines) is 1. The van der Waals surface area contributed by atoms with Gasteiger partial charge in [-0.15, -0.1) is 0 Å². The molecule has 1 aliphatic rings. The number of hydrogen-bond donors (Lipinski definition) is 2. The van der Waals surface area contributed by atoms with Gasteiger partial charge in [-0.3, -0.25) is 9.69 Å². The minimum atomic E-state index is -4.45. The average Bonchev–Trinajstić information content (AvgIpc) is 2.73. The Labute approximate surface area is 120 Å². The molecular formula is C14H18F3N3O. The van der Waals surface area contributed by atoms with Gasteiger partial charge in [0.2, 0.25) is 5.91 Å². The maximum absolute atomic E-state index is 13.0. The molecule has 1 atom stereocenters. The number of hydrogen-bond acceptors (Lipinski definition) is 3. The maximum Gasteiger partial charge on any atom is 0.416 e. The highest BCUT2D eigenvalue weighted by Gasteiger charge is 2.40. The van der Waals surface area contributed by atoms with Crippen LogP contribution in [0.4, 0.5) is 18.9 Å². The van der Waals surface area contributed by atoms with Crippen LogP contribution >= 0.6 is 0 Å². The number of nitrogens with zero attached hydrogens (tertiary/aromatic N) is 1. The third-order valence-electron chi connectivity index (χ3n) is 3.98. The van der Waals surface area contributed by atoms with Crippen LogP contribution in [0, 0.1) is 5.41 Å². The van der Waals surface area contributed by atoms with E-state index in [9.17, 15) is 18.0 Å². The van der Waals surface area contributed by atoms with E-state index < -0.39 is 23.1 Å². The van der Waals surface area contributed by atoms with Gasteiger partial charge in [0.05, 0.1) is 11.0 Å². The number of amides is 1. The van der Waals surface area contributed by atoms with Gasteiger partial charge < -0.3 is 11.5 Å². The largest absolute Gasteiger partial charge is 0.416 e. The number of primary amides is 1. The number of nitrogens with two attached hydrogens (primary N) is 2. The van der Waals surface area contributed by atoms with Gasteiger partial charge in [0, 0.05) is 18.8 Å². The van der Waals surface area contributed by atoms with Gasteiger partial charge in [-0.05, 0) is 37.6 Å². The van der Waals surface area contributed by atoms with Crippen LogP contribution in [0.1, 0.15) is 24.5 Å². The summed E-state index contributed by atoms with van der Waals surface area (Å²) in [7, 11) is 0. The number of nitrogen functional groups attached to an aromatic ring is 1. The van der Waals surface area contributed by atoms with Gasteiger partial charge in [-0.2, -0.15) is 13.2 Å². The fourth-order valence-corrected chi connectivity index (χ4v) is 2.63. The van der Waals surface area contributed by atoms with Crippen LogP contribution in [-0.2, 0) is 17.5 Å². The van der Waals surface area contributed by atoms with E-state index in [1.807, 2.05) is 4.90 Å². The smallest absolute Gasteiger partial charge is 0.399 e. The van der Waals surface area contributed by atoms with E-state index in [1.54, 1.807) is 6.92 Å². The zero-order valence-corrected chi connectivity index (χ0v) is 11.7. The Morgan fingerprint density at radius 2 is 2.10 bits per heavy atom. The highest BCUT2D eigenvalue weighted by molar-refractivity contribution is 5.81. The summed E-state index contributed by atoms with van der Waals surface area (Å²) in [5.41, 5.74) is 9.62. The van der Waals surface area contributed by atoms with E-state index in [-0.39, 0.29) is 17.8 Å². The molecule has 1 amide bonds. The Bertz CT molecular complexity index is 559. The van der Waals surface area contributed by atoms with Gasteiger partial charge in [0.15, 0.2) is 0 Å². The fourth-order valence-electron chi connectivity index (χ4n) is 2.63. The molecule has 0 radical (unpaired) electrons. The molecule has 0 aromatic heterocycles. The summed E-state index contributed by atoms with van der Waals surface area (Å²) in [5.74, 6) is -0.418. The summed E-state index contributed by atoms with van der Waals surface area (Å²) in [6.07, 6.45) is -3.89. The van der Waals surface area contributed by atoms with Crippen molar-refractivity contribution >= 4 is 11.6 Å². The van der Waals surface area contributed by atoms with Crippen molar-refractivity contribution in [2.75, 3.05) is 18.8 Å². The molecule has 1 aromatic rings. The topological polar surface area (TPSA) is 72.4 Å². The van der Waals surface area contributed by atoms with E-state index >= 15 is 0 Å². The predicted octanol–water partition coefficient (Wildman–Crippen LogP) is 1.98. The predicted molar refractivity (Wildman–Crippen MR) is 73.1 cm³/mol. The minimum absolute atomic E-state index is 0.0782. The summed E-state index contributed by atoms with van der Waals surface area (Å²) in [6, 6.07) is 3.78. The second-order valence-corrected chi connectivity index (χ2v) is 5.80. The Morgan fingerprint density at radius 3 is 2.62 bits per heavy atom. The van der Waals surface area contributed by atoms with Crippen molar-refractivity contribution in [1.29, 1.82) is 0 Å². The lowest BCUT2D eigenvalue weighted by Gasteiger charge is -2.22. The molecule has 1 saturated heterocycles. The molecule has 1 aliphatic heterocycles. The molecule has 2 rings (SSSR count). The molecule has 0 saturated carbocycles. The molecule has 21 heavy (non-hydrogen) atoms. The van der Waals surface area contributed by atoms with Gasteiger partial charge in [0.25, 0.3) is 0 Å². The van der Waals surface area contributed by atoms with Crippen LogP contribution in [-0.4, -0.2) is 23.9 Å². The standard InChI is InChI=1S/C14H18F3N3O/c1-13(12(19)21)4-5-20(8-13)7-9-2-3-10(18)6-11(9)14(15,16)17/h2-3,6H,4-5,7-8,18H2,1H3,(H2,19,21). The van der Waals surface area contributed by atoms with Crippen molar-refractivity contribution in [3.05, 3.63) is 29.3 Å². The summed E-state index contributed by atoms with van der Waals surface area (Å²) in [5, 5.41) is 0. The Morgan fingerprint density at radius 1 is 1.43 bits per heavy atom. The van der Waals surface area contributed by atoms with Crippen molar-refractivity contribution in [2.45, 2.75) is 26.1 Å². The summed E-state index contributed by atoms with van der Waals surface area (Å²) >= 11 is 0. The molecule has 4 N–H and O–H groups in total. The zero-order valence-electron chi connectivity index (χ0n) is 11.7. The Hall–Kier alpha value is -1.76. The zero-order chi connectivity index (χ0) is 15.8. The first-order valence-corrected chi connectivity index (χ1v) is 6.60. The normalized spacial score (nSPS) is 23.4. The number of anilines is 1. The molecule has 0 spiro atoms. The summed E-state index contributed by atoms with van der Waals surface area (Å²) < 4.78 is 39.1. The van der Waals surface area contributed by atoms with E-state index in [1.165, 1.54) is 12.1 Å². The molecule has 7 heteroatoms. The third-order valence-corrected chi connectivity index (χ3v) is 3.98. The maximum atomic E-state index is 13.0. The molecule has 1 heterocycles. The number of carbonyl (C=O) groups is 1. The van der Waals surface area contributed by atoms with Crippen LogP contribution in [0.25, 0.3) is 0 Å². The SMILES string of the molecule is CC1(C(N)=O)CCN(Cc2ccc(N)cc2C(F)(F)F)C1. The second-order valence-electron chi connectivity index (χ2n) is 5.80. The van der Waals surface area contributed by atoms with Crippen LogP contribution in [0.5, 0.6) is 0 Å². The lowest BCUT2D eigenvalue weighted by atomic mass is 9.89. The van der Waals surface area contributed by atoms with E-state index in [4.69, 9.17) is 11.5 Å². The van der Waals surface area contributed by atoms with Crippen LogP contribution < -0.4 is 11.5 Å². The van der Waals surface area contributed by atoms with E-state index in [0.29, 0.717) is 19.5 Å². The van der Waals surface area contributed by atoms with Crippen molar-refractivity contribution in [3.8, 4) is 0 Å². The monoisotopic (exact) mass is 301 g/mol. The molecule has 0 aliphatic carbocycles. The van der Waals surface area contributed by atoms with E-state index in [2.05, 4.69) is 0 Å². The molecule has 1 fully saturated rings.